The monoisotopic (exact) mass is 425 g/mol. The van der Waals surface area contributed by atoms with Crippen molar-refractivity contribution in [2.45, 2.75) is 64.4 Å². The number of nitrogens with one attached hydrogen (secondary N) is 1. The van der Waals surface area contributed by atoms with Crippen LogP contribution in [0.25, 0.3) is 0 Å². The number of halogens is 2. The summed E-state index contributed by atoms with van der Waals surface area (Å²) in [5, 5.41) is 3.31. The second-order valence-corrected chi connectivity index (χ2v) is 7.66. The van der Waals surface area contributed by atoms with E-state index in [-0.39, 0.29) is 24.5 Å². The molecule has 3 rings (SSSR count). The summed E-state index contributed by atoms with van der Waals surface area (Å²) in [6.07, 6.45) is 5.82. The van der Waals surface area contributed by atoms with E-state index >= 15 is 0 Å². The third-order valence-electron chi connectivity index (χ3n) is 5.46. The zero-order chi connectivity index (χ0) is 21.2. The maximum atomic E-state index is 12.6. The van der Waals surface area contributed by atoms with Gasteiger partial charge in [0.05, 0.1) is 25.4 Å². The quantitative estimate of drug-likeness (QED) is 0.507. The Hall–Kier alpha value is -1.93. The second-order valence-electron chi connectivity index (χ2n) is 7.66. The fourth-order valence-electron chi connectivity index (χ4n) is 3.85. The number of rotatable bonds is 8. The van der Waals surface area contributed by atoms with Crippen LogP contribution < -0.4 is 10.1 Å². The molecule has 6 nitrogen and oxygen atoms in total. The van der Waals surface area contributed by atoms with Crippen molar-refractivity contribution in [2.75, 3.05) is 32.8 Å². The molecule has 0 bridgehead atoms. The van der Waals surface area contributed by atoms with Crippen LogP contribution in [-0.4, -0.2) is 62.5 Å². The maximum Gasteiger partial charge on any atom is 0.387 e. The molecule has 1 aromatic carbocycles. The zero-order valence-electron chi connectivity index (χ0n) is 17.7. The minimum absolute atomic E-state index is 0.170. The summed E-state index contributed by atoms with van der Waals surface area (Å²) in [4.78, 5) is 6.87. The number of hydrogen-bond donors (Lipinski definition) is 1. The molecule has 1 atom stereocenters. The smallest absolute Gasteiger partial charge is 0.387 e. The number of guanidine groups is 1. The van der Waals surface area contributed by atoms with Crippen molar-refractivity contribution in [2.24, 2.45) is 4.99 Å². The Morgan fingerprint density at radius 3 is 2.73 bits per heavy atom. The molecule has 0 saturated carbocycles. The van der Waals surface area contributed by atoms with Crippen molar-refractivity contribution in [3.05, 3.63) is 29.8 Å². The van der Waals surface area contributed by atoms with Crippen LogP contribution in [0.2, 0.25) is 0 Å². The van der Waals surface area contributed by atoms with Gasteiger partial charge in [0, 0.05) is 31.8 Å². The van der Waals surface area contributed by atoms with Crippen molar-refractivity contribution in [1.82, 2.24) is 10.2 Å². The molecule has 0 spiro atoms. The molecule has 0 aromatic heterocycles. The molecule has 2 heterocycles. The van der Waals surface area contributed by atoms with Gasteiger partial charge in [0.2, 0.25) is 0 Å². The molecule has 0 amide bonds. The first kappa shape index (κ1) is 22.7. The maximum absolute atomic E-state index is 12.6. The van der Waals surface area contributed by atoms with E-state index in [1.54, 1.807) is 24.3 Å². The Kier molecular flexibility index (Phi) is 9.14. The summed E-state index contributed by atoms with van der Waals surface area (Å²) < 4.78 is 41.7. The lowest BCUT2D eigenvalue weighted by atomic mass is 10.1. The Morgan fingerprint density at radius 1 is 1.23 bits per heavy atom. The summed E-state index contributed by atoms with van der Waals surface area (Å²) in [6.45, 7) is 3.41. The fraction of sp³-hybridized carbons (Fsp3) is 0.682. The Balaban J connectivity index is 1.51. The van der Waals surface area contributed by atoms with E-state index in [1.165, 1.54) is 6.42 Å². The predicted molar refractivity (Wildman–Crippen MR) is 112 cm³/mol. The minimum atomic E-state index is -2.85. The first-order valence-electron chi connectivity index (χ1n) is 10.9. The van der Waals surface area contributed by atoms with E-state index in [4.69, 9.17) is 9.47 Å². The highest BCUT2D eigenvalue weighted by molar-refractivity contribution is 5.80. The zero-order valence-corrected chi connectivity index (χ0v) is 17.7. The number of para-hydroxylation sites is 1. The van der Waals surface area contributed by atoms with E-state index in [1.807, 2.05) is 6.92 Å². The van der Waals surface area contributed by atoms with Crippen LogP contribution >= 0.6 is 0 Å². The highest BCUT2D eigenvalue weighted by Gasteiger charge is 2.24. The van der Waals surface area contributed by atoms with Crippen LogP contribution in [0.4, 0.5) is 8.78 Å². The largest absolute Gasteiger partial charge is 0.434 e. The molecular formula is C22H33F2N3O3. The van der Waals surface area contributed by atoms with Crippen LogP contribution in [0, 0.1) is 0 Å². The molecule has 2 saturated heterocycles. The molecule has 0 aliphatic carbocycles. The normalized spacial score (nSPS) is 21.1. The summed E-state index contributed by atoms with van der Waals surface area (Å²) in [7, 11) is 0. The number of aliphatic imine (C=N–C) groups is 1. The third kappa shape index (κ3) is 7.09. The van der Waals surface area contributed by atoms with Crippen molar-refractivity contribution < 1.29 is 23.0 Å². The van der Waals surface area contributed by atoms with Gasteiger partial charge in [-0.1, -0.05) is 18.2 Å². The highest BCUT2D eigenvalue weighted by Crippen LogP contribution is 2.22. The summed E-state index contributed by atoms with van der Waals surface area (Å²) in [5.41, 5.74) is 0.638. The fourth-order valence-corrected chi connectivity index (χ4v) is 3.85. The topological polar surface area (TPSA) is 55.3 Å². The number of hydrogen-bond acceptors (Lipinski definition) is 4. The molecule has 1 N–H and O–H groups in total. The Labute approximate surface area is 177 Å². The molecule has 2 fully saturated rings. The van der Waals surface area contributed by atoms with Gasteiger partial charge in [0.25, 0.3) is 0 Å². The lowest BCUT2D eigenvalue weighted by Crippen LogP contribution is -2.47. The Bertz CT molecular complexity index is 661. The molecule has 2 aliphatic heterocycles. The number of nitrogens with zero attached hydrogens (tertiary/aromatic N) is 2. The number of alkyl halides is 2. The molecular weight excluding hydrogens is 392 g/mol. The van der Waals surface area contributed by atoms with Gasteiger partial charge in [-0.05, 0) is 45.1 Å². The SMILES string of the molecule is CCNC(=NCc1ccccc1OC(F)F)N1CCC(OCC2CCCCO2)CC1. The molecule has 168 valence electrons. The van der Waals surface area contributed by atoms with Gasteiger partial charge in [-0.25, -0.2) is 4.99 Å². The summed E-state index contributed by atoms with van der Waals surface area (Å²) in [5.74, 6) is 0.961. The molecule has 2 aliphatic rings. The van der Waals surface area contributed by atoms with Gasteiger partial charge in [-0.3, -0.25) is 0 Å². The van der Waals surface area contributed by atoms with Crippen molar-refractivity contribution in [3.8, 4) is 5.75 Å². The lowest BCUT2D eigenvalue weighted by Gasteiger charge is -2.35. The number of ether oxygens (including phenoxy) is 3. The van der Waals surface area contributed by atoms with Gasteiger partial charge < -0.3 is 24.4 Å². The van der Waals surface area contributed by atoms with E-state index < -0.39 is 6.61 Å². The van der Waals surface area contributed by atoms with Crippen molar-refractivity contribution in [3.63, 3.8) is 0 Å². The third-order valence-corrected chi connectivity index (χ3v) is 5.46. The average Bonchev–Trinajstić information content (AvgIpc) is 2.77. The number of benzene rings is 1. The summed E-state index contributed by atoms with van der Waals surface area (Å²) >= 11 is 0. The molecule has 1 unspecified atom stereocenters. The first-order chi connectivity index (χ1) is 14.7. The summed E-state index contributed by atoms with van der Waals surface area (Å²) in [6, 6.07) is 6.79. The number of piperidine rings is 1. The standard InChI is InChI=1S/C22H33F2N3O3/c1-2-25-22(26-15-17-7-3-4-9-20(17)30-21(23)24)27-12-10-18(11-13-27)29-16-19-8-5-6-14-28-19/h3-4,7,9,18-19,21H,2,5-6,8,10-16H2,1H3,(H,25,26). The predicted octanol–water partition coefficient (Wildman–Crippen LogP) is 3.80. The minimum Gasteiger partial charge on any atom is -0.434 e. The lowest BCUT2D eigenvalue weighted by molar-refractivity contribution is -0.0721. The van der Waals surface area contributed by atoms with Gasteiger partial charge in [-0.2, -0.15) is 8.78 Å². The Morgan fingerprint density at radius 2 is 2.03 bits per heavy atom. The van der Waals surface area contributed by atoms with E-state index in [9.17, 15) is 8.78 Å². The van der Waals surface area contributed by atoms with E-state index in [2.05, 4.69) is 19.9 Å². The van der Waals surface area contributed by atoms with Crippen molar-refractivity contribution in [1.29, 1.82) is 0 Å². The average molecular weight is 426 g/mol. The molecule has 8 heteroatoms. The highest BCUT2D eigenvalue weighted by atomic mass is 19.3. The first-order valence-corrected chi connectivity index (χ1v) is 10.9. The van der Waals surface area contributed by atoms with Crippen LogP contribution in [0.3, 0.4) is 0 Å². The van der Waals surface area contributed by atoms with Gasteiger partial charge in [-0.15, -0.1) is 0 Å². The van der Waals surface area contributed by atoms with Crippen LogP contribution in [0.15, 0.2) is 29.3 Å². The molecule has 0 radical (unpaired) electrons. The van der Waals surface area contributed by atoms with Crippen molar-refractivity contribution >= 4 is 5.96 Å². The van der Waals surface area contributed by atoms with E-state index in [0.717, 1.165) is 57.9 Å². The van der Waals surface area contributed by atoms with Gasteiger partial charge in [0.1, 0.15) is 5.75 Å². The van der Waals surface area contributed by atoms with Gasteiger partial charge in [0.15, 0.2) is 5.96 Å². The van der Waals surface area contributed by atoms with Crippen LogP contribution in [-0.2, 0) is 16.0 Å². The van der Waals surface area contributed by atoms with E-state index in [0.29, 0.717) is 12.2 Å². The second kappa shape index (κ2) is 12.1. The van der Waals surface area contributed by atoms with Crippen LogP contribution in [0.5, 0.6) is 5.75 Å². The van der Waals surface area contributed by atoms with Crippen LogP contribution in [0.1, 0.15) is 44.6 Å². The molecule has 1 aromatic rings. The van der Waals surface area contributed by atoms with Gasteiger partial charge >= 0.3 is 6.61 Å². The number of likely N-dealkylation sites (tertiary alicyclic amines) is 1. The molecule has 30 heavy (non-hydrogen) atoms.